The van der Waals surface area contributed by atoms with Crippen molar-refractivity contribution in [2.45, 2.75) is 50.6 Å². The lowest BCUT2D eigenvalue weighted by Crippen LogP contribution is -2.40. The highest BCUT2D eigenvalue weighted by Gasteiger charge is 2.39. The molecule has 0 radical (unpaired) electrons. The number of aromatic nitrogens is 1. The van der Waals surface area contributed by atoms with Gasteiger partial charge in [0.25, 0.3) is 5.91 Å². The van der Waals surface area contributed by atoms with Gasteiger partial charge in [-0.25, -0.2) is 4.98 Å². The fraction of sp³-hybridized carbons (Fsp3) is 0.444. The van der Waals surface area contributed by atoms with Crippen LogP contribution in [0.25, 0.3) is 10.9 Å². The Labute approximate surface area is 125 Å². The lowest BCUT2D eigenvalue weighted by atomic mass is 10.1. The van der Waals surface area contributed by atoms with E-state index in [1.165, 1.54) is 12.8 Å². The van der Waals surface area contributed by atoms with Crippen molar-refractivity contribution < 1.29 is 4.79 Å². The van der Waals surface area contributed by atoms with Crippen LogP contribution in [0.15, 0.2) is 36.4 Å². The first-order chi connectivity index (χ1) is 10.3. The minimum atomic E-state index is 0.134. The summed E-state index contributed by atoms with van der Waals surface area (Å²) in [6, 6.07) is 12.8. The summed E-state index contributed by atoms with van der Waals surface area (Å²) in [5, 5.41) is 1.09. The van der Waals surface area contributed by atoms with Crippen LogP contribution in [-0.4, -0.2) is 27.9 Å². The highest BCUT2D eigenvalue weighted by atomic mass is 16.2. The Balaban J connectivity index is 1.67. The molecule has 0 saturated heterocycles. The molecule has 4 rings (SSSR count). The first kappa shape index (κ1) is 12.8. The summed E-state index contributed by atoms with van der Waals surface area (Å²) < 4.78 is 0. The zero-order valence-electron chi connectivity index (χ0n) is 12.2. The van der Waals surface area contributed by atoms with Gasteiger partial charge in [-0.3, -0.25) is 4.79 Å². The molecule has 0 unspecified atom stereocenters. The third kappa shape index (κ3) is 2.41. The lowest BCUT2D eigenvalue weighted by Gasteiger charge is -2.28. The van der Waals surface area contributed by atoms with Gasteiger partial charge in [-0.15, -0.1) is 0 Å². The van der Waals surface area contributed by atoms with E-state index < -0.39 is 0 Å². The Kier molecular flexibility index (Phi) is 3.13. The van der Waals surface area contributed by atoms with Gasteiger partial charge in [-0.05, 0) is 37.8 Å². The molecule has 0 atom stereocenters. The third-order valence-electron chi connectivity index (χ3n) is 4.71. The summed E-state index contributed by atoms with van der Waals surface area (Å²) in [6.07, 6.45) is 7.16. The molecule has 2 aromatic rings. The maximum absolute atomic E-state index is 12.9. The van der Waals surface area contributed by atoms with E-state index in [9.17, 15) is 4.79 Å². The van der Waals surface area contributed by atoms with Gasteiger partial charge in [0.15, 0.2) is 0 Å². The van der Waals surface area contributed by atoms with Crippen molar-refractivity contribution in [2.75, 3.05) is 0 Å². The molecule has 108 valence electrons. The van der Waals surface area contributed by atoms with Crippen LogP contribution in [0.4, 0.5) is 0 Å². The maximum Gasteiger partial charge on any atom is 0.272 e. The van der Waals surface area contributed by atoms with Crippen LogP contribution in [0.2, 0.25) is 0 Å². The molecule has 2 aliphatic rings. The molecule has 0 N–H and O–H groups in total. The monoisotopic (exact) mass is 280 g/mol. The second-order valence-electron chi connectivity index (χ2n) is 6.27. The SMILES string of the molecule is O=C(c1ccc2ccccc2n1)N(C1CCCC1)C1CC1. The first-order valence-electron chi connectivity index (χ1n) is 8.01. The molecule has 1 heterocycles. The largest absolute Gasteiger partial charge is 0.331 e. The van der Waals surface area contributed by atoms with E-state index in [1.54, 1.807) is 0 Å². The van der Waals surface area contributed by atoms with Crippen molar-refractivity contribution in [3.63, 3.8) is 0 Å². The van der Waals surface area contributed by atoms with E-state index in [-0.39, 0.29) is 5.91 Å². The molecule has 0 spiro atoms. The molecule has 2 saturated carbocycles. The number of pyridine rings is 1. The van der Waals surface area contributed by atoms with Crippen molar-refractivity contribution in [3.05, 3.63) is 42.1 Å². The third-order valence-corrected chi connectivity index (χ3v) is 4.71. The number of hydrogen-bond acceptors (Lipinski definition) is 2. The molecule has 3 heteroatoms. The number of fused-ring (bicyclic) bond motifs is 1. The molecule has 21 heavy (non-hydrogen) atoms. The maximum atomic E-state index is 12.9. The molecule has 1 aromatic heterocycles. The van der Waals surface area contributed by atoms with Crippen molar-refractivity contribution in [1.29, 1.82) is 0 Å². The Morgan fingerprint density at radius 2 is 1.67 bits per heavy atom. The minimum absolute atomic E-state index is 0.134. The number of nitrogens with zero attached hydrogens (tertiary/aromatic N) is 2. The molecular weight excluding hydrogens is 260 g/mol. The van der Waals surface area contributed by atoms with Gasteiger partial charge in [0.05, 0.1) is 5.52 Å². The van der Waals surface area contributed by atoms with Crippen molar-refractivity contribution in [1.82, 2.24) is 9.88 Å². The van der Waals surface area contributed by atoms with Crippen molar-refractivity contribution in [2.24, 2.45) is 0 Å². The van der Waals surface area contributed by atoms with Gasteiger partial charge >= 0.3 is 0 Å². The minimum Gasteiger partial charge on any atom is -0.331 e. The summed E-state index contributed by atoms with van der Waals surface area (Å²) in [5.74, 6) is 0.134. The van der Waals surface area contributed by atoms with E-state index >= 15 is 0 Å². The highest BCUT2D eigenvalue weighted by molar-refractivity contribution is 5.95. The second-order valence-corrected chi connectivity index (χ2v) is 6.27. The van der Waals surface area contributed by atoms with Crippen LogP contribution in [0.5, 0.6) is 0 Å². The zero-order chi connectivity index (χ0) is 14.2. The Morgan fingerprint density at radius 1 is 0.952 bits per heavy atom. The normalized spacial score (nSPS) is 19.0. The van der Waals surface area contributed by atoms with Crippen LogP contribution in [0.3, 0.4) is 0 Å². The van der Waals surface area contributed by atoms with Crippen LogP contribution in [0, 0.1) is 0 Å². The number of carbonyl (C=O) groups is 1. The fourth-order valence-electron chi connectivity index (χ4n) is 3.48. The molecule has 0 bridgehead atoms. The van der Waals surface area contributed by atoms with Crippen molar-refractivity contribution in [3.8, 4) is 0 Å². The first-order valence-corrected chi connectivity index (χ1v) is 8.01. The van der Waals surface area contributed by atoms with Crippen LogP contribution in [-0.2, 0) is 0 Å². The molecule has 0 aliphatic heterocycles. The standard InChI is InChI=1S/C18H20N2O/c21-18(20(15-10-11-15)14-6-2-3-7-14)17-12-9-13-5-1-4-8-16(13)19-17/h1,4-5,8-9,12,14-15H,2-3,6-7,10-11H2. The van der Waals surface area contributed by atoms with Crippen LogP contribution in [0.1, 0.15) is 49.0 Å². The topological polar surface area (TPSA) is 33.2 Å². The molecule has 2 aliphatic carbocycles. The highest BCUT2D eigenvalue weighted by Crippen LogP contribution is 2.35. The van der Waals surface area contributed by atoms with Crippen LogP contribution < -0.4 is 0 Å². The Morgan fingerprint density at radius 3 is 2.43 bits per heavy atom. The quantitative estimate of drug-likeness (QED) is 0.857. The molecular formula is C18H20N2O. The van der Waals surface area contributed by atoms with E-state index in [1.807, 2.05) is 36.4 Å². The predicted molar refractivity (Wildman–Crippen MR) is 83.2 cm³/mol. The van der Waals surface area contributed by atoms with E-state index in [0.717, 1.165) is 36.6 Å². The van der Waals surface area contributed by atoms with Crippen LogP contribution >= 0.6 is 0 Å². The van der Waals surface area contributed by atoms with Crippen molar-refractivity contribution >= 4 is 16.8 Å². The summed E-state index contributed by atoms with van der Waals surface area (Å²) in [7, 11) is 0. The number of rotatable bonds is 3. The number of carbonyl (C=O) groups excluding carboxylic acids is 1. The smallest absolute Gasteiger partial charge is 0.272 e. The second kappa shape index (κ2) is 5.14. The predicted octanol–water partition coefficient (Wildman–Crippen LogP) is 3.78. The summed E-state index contributed by atoms with van der Waals surface area (Å²) in [4.78, 5) is 19.6. The number of para-hydroxylation sites is 1. The molecule has 2 fully saturated rings. The fourth-order valence-corrected chi connectivity index (χ4v) is 3.48. The number of amides is 1. The summed E-state index contributed by atoms with van der Waals surface area (Å²) in [5.41, 5.74) is 1.51. The van der Waals surface area contributed by atoms with Gasteiger partial charge in [-0.2, -0.15) is 0 Å². The summed E-state index contributed by atoms with van der Waals surface area (Å²) >= 11 is 0. The van der Waals surface area contributed by atoms with E-state index in [2.05, 4.69) is 9.88 Å². The lowest BCUT2D eigenvalue weighted by molar-refractivity contribution is 0.0658. The van der Waals surface area contributed by atoms with Gasteiger partial charge in [0.2, 0.25) is 0 Å². The van der Waals surface area contributed by atoms with E-state index in [4.69, 9.17) is 0 Å². The average Bonchev–Trinajstić information content (AvgIpc) is 3.21. The molecule has 3 nitrogen and oxygen atoms in total. The van der Waals surface area contributed by atoms with Gasteiger partial charge in [-0.1, -0.05) is 37.1 Å². The van der Waals surface area contributed by atoms with E-state index in [0.29, 0.717) is 17.8 Å². The van der Waals surface area contributed by atoms with Gasteiger partial charge in [0, 0.05) is 17.5 Å². The number of benzene rings is 1. The van der Waals surface area contributed by atoms with Gasteiger partial charge < -0.3 is 4.90 Å². The average molecular weight is 280 g/mol. The molecule has 1 amide bonds. The Bertz CT molecular complexity index is 672. The summed E-state index contributed by atoms with van der Waals surface area (Å²) in [6.45, 7) is 0. The zero-order valence-corrected chi connectivity index (χ0v) is 12.2. The number of hydrogen-bond donors (Lipinski definition) is 0. The van der Waals surface area contributed by atoms with Gasteiger partial charge in [0.1, 0.15) is 5.69 Å². The Hall–Kier alpha value is -1.90. The molecule has 1 aromatic carbocycles.